The molecule has 0 N–H and O–H groups in total. The molecule has 4 heteroatoms. The summed E-state index contributed by atoms with van der Waals surface area (Å²) in [6.07, 6.45) is 0. The van der Waals surface area contributed by atoms with Gasteiger partial charge in [-0.15, -0.1) is 0 Å². The summed E-state index contributed by atoms with van der Waals surface area (Å²) in [5, 5.41) is 2.55. The molecule has 0 radical (unpaired) electrons. The van der Waals surface area contributed by atoms with Crippen LogP contribution in [0.25, 0.3) is 72.8 Å². The number of aromatic nitrogens is 4. The van der Waals surface area contributed by atoms with E-state index < -0.39 is 0 Å². The zero-order chi connectivity index (χ0) is 30.8. The van der Waals surface area contributed by atoms with Crippen molar-refractivity contribution < 1.29 is 0 Å². The maximum Gasteiger partial charge on any atom is 0.164 e. The molecule has 0 atom stereocenters. The molecular weight excluding hydrogens is 560 g/mol. The van der Waals surface area contributed by atoms with E-state index >= 15 is 0 Å². The SMILES string of the molecule is CC1(C)c2cc(-c3nc(-c4ccccc4)nc(-c4ccccc4)n3)ccc2-n2c3cc(-c4ccccc4)ccc3c3cccc1c32. The second-order valence-electron chi connectivity index (χ2n) is 12.5. The second kappa shape index (κ2) is 10.1. The smallest absolute Gasteiger partial charge is 0.164 e. The number of rotatable bonds is 4. The molecule has 0 amide bonds. The summed E-state index contributed by atoms with van der Waals surface area (Å²) < 4.78 is 2.47. The Morgan fingerprint density at radius 2 is 1.00 bits per heavy atom. The topological polar surface area (TPSA) is 43.6 Å². The average molecular weight is 591 g/mol. The van der Waals surface area contributed by atoms with Crippen LogP contribution in [0, 0.1) is 0 Å². The van der Waals surface area contributed by atoms with Gasteiger partial charge in [-0.05, 0) is 46.5 Å². The number of hydrogen-bond acceptors (Lipinski definition) is 3. The highest BCUT2D eigenvalue weighted by Gasteiger charge is 2.35. The Hall–Kier alpha value is -5.87. The molecule has 1 aliphatic heterocycles. The standard InChI is InChI=1S/C42H30N4/c1-42(2)34-20-12-19-33-32-23-21-30(27-13-6-3-7-14-27)26-37(32)46(38(33)34)36-24-22-31(25-35(36)42)41-44-39(28-15-8-4-9-16-28)43-40(45-41)29-17-10-5-11-18-29/h3-26H,1-2H3. The van der Waals surface area contributed by atoms with Crippen molar-refractivity contribution in [2.24, 2.45) is 0 Å². The van der Waals surface area contributed by atoms with E-state index in [1.54, 1.807) is 0 Å². The van der Waals surface area contributed by atoms with Gasteiger partial charge in [-0.3, -0.25) is 0 Å². The van der Waals surface area contributed by atoms with Crippen LogP contribution in [0.15, 0.2) is 146 Å². The lowest BCUT2D eigenvalue weighted by Gasteiger charge is -2.35. The van der Waals surface area contributed by atoms with E-state index in [2.05, 4.69) is 103 Å². The summed E-state index contributed by atoms with van der Waals surface area (Å²) in [6, 6.07) is 51.3. The van der Waals surface area contributed by atoms with Crippen LogP contribution in [0.2, 0.25) is 0 Å². The quantitative estimate of drug-likeness (QED) is 0.205. The molecule has 9 rings (SSSR count). The first-order valence-electron chi connectivity index (χ1n) is 15.7. The molecule has 2 aromatic heterocycles. The van der Waals surface area contributed by atoms with E-state index in [4.69, 9.17) is 15.0 Å². The fourth-order valence-electron chi connectivity index (χ4n) is 7.08. The van der Waals surface area contributed by atoms with E-state index in [1.807, 2.05) is 60.7 Å². The van der Waals surface area contributed by atoms with Crippen molar-refractivity contribution in [2.75, 3.05) is 0 Å². The largest absolute Gasteiger partial charge is 0.309 e. The maximum absolute atomic E-state index is 5.04. The molecule has 3 heterocycles. The van der Waals surface area contributed by atoms with Crippen molar-refractivity contribution in [2.45, 2.75) is 19.3 Å². The average Bonchev–Trinajstić information content (AvgIpc) is 3.45. The van der Waals surface area contributed by atoms with Crippen molar-refractivity contribution in [1.82, 2.24) is 19.5 Å². The van der Waals surface area contributed by atoms with Gasteiger partial charge in [-0.2, -0.15) is 0 Å². The minimum atomic E-state index is -0.241. The predicted octanol–water partition coefficient (Wildman–Crippen LogP) is 10.3. The van der Waals surface area contributed by atoms with Gasteiger partial charge in [0.05, 0.1) is 16.7 Å². The van der Waals surface area contributed by atoms with Crippen LogP contribution in [0.5, 0.6) is 0 Å². The van der Waals surface area contributed by atoms with E-state index in [-0.39, 0.29) is 5.41 Å². The lowest BCUT2D eigenvalue weighted by atomic mass is 9.74. The van der Waals surface area contributed by atoms with Crippen LogP contribution < -0.4 is 0 Å². The van der Waals surface area contributed by atoms with Crippen molar-refractivity contribution in [3.05, 3.63) is 157 Å². The molecule has 8 aromatic rings. The minimum Gasteiger partial charge on any atom is -0.309 e. The van der Waals surface area contributed by atoms with Crippen LogP contribution in [0.4, 0.5) is 0 Å². The van der Waals surface area contributed by atoms with Gasteiger partial charge in [0, 0.05) is 32.9 Å². The van der Waals surface area contributed by atoms with Gasteiger partial charge in [-0.25, -0.2) is 15.0 Å². The predicted molar refractivity (Wildman–Crippen MR) is 188 cm³/mol. The van der Waals surface area contributed by atoms with E-state index in [0.29, 0.717) is 17.5 Å². The highest BCUT2D eigenvalue weighted by Crippen LogP contribution is 2.48. The minimum absolute atomic E-state index is 0.241. The first kappa shape index (κ1) is 26.5. The highest BCUT2D eigenvalue weighted by atomic mass is 15.0. The third-order valence-electron chi connectivity index (χ3n) is 9.44. The second-order valence-corrected chi connectivity index (χ2v) is 12.5. The van der Waals surface area contributed by atoms with Gasteiger partial charge in [0.25, 0.3) is 0 Å². The third kappa shape index (κ3) is 4.04. The van der Waals surface area contributed by atoms with E-state index in [1.165, 1.54) is 49.7 Å². The Kier molecular flexibility index (Phi) is 5.81. The zero-order valence-electron chi connectivity index (χ0n) is 25.6. The Labute approximate surface area is 267 Å². The van der Waals surface area contributed by atoms with Gasteiger partial charge in [0.15, 0.2) is 17.5 Å². The Balaban J connectivity index is 1.28. The molecule has 0 unspecified atom stereocenters. The lowest BCUT2D eigenvalue weighted by Crippen LogP contribution is -2.26. The summed E-state index contributed by atoms with van der Waals surface area (Å²) in [5.74, 6) is 2.00. The number of nitrogens with zero attached hydrogens (tertiary/aromatic N) is 4. The number of para-hydroxylation sites is 1. The fraction of sp³-hybridized carbons (Fsp3) is 0.0714. The monoisotopic (exact) mass is 590 g/mol. The van der Waals surface area contributed by atoms with Crippen molar-refractivity contribution in [3.63, 3.8) is 0 Å². The Morgan fingerprint density at radius 3 is 1.63 bits per heavy atom. The summed E-state index contributed by atoms with van der Waals surface area (Å²) in [4.78, 5) is 15.0. The van der Waals surface area contributed by atoms with Gasteiger partial charge in [-0.1, -0.05) is 135 Å². The van der Waals surface area contributed by atoms with Crippen LogP contribution in [-0.4, -0.2) is 19.5 Å². The third-order valence-corrected chi connectivity index (χ3v) is 9.44. The highest BCUT2D eigenvalue weighted by molar-refractivity contribution is 6.12. The molecular formula is C42H30N4. The first-order chi connectivity index (χ1) is 22.6. The summed E-state index contributed by atoms with van der Waals surface area (Å²) in [5.41, 5.74) is 11.3. The van der Waals surface area contributed by atoms with Gasteiger partial charge in [0.2, 0.25) is 0 Å². The molecule has 0 saturated carbocycles. The summed E-state index contributed by atoms with van der Waals surface area (Å²) >= 11 is 0. The lowest BCUT2D eigenvalue weighted by molar-refractivity contribution is 0.630. The number of benzene rings is 6. The normalized spacial score (nSPS) is 13.2. The molecule has 6 aromatic carbocycles. The molecule has 0 spiro atoms. The number of fused-ring (bicyclic) bond motifs is 5. The number of hydrogen-bond donors (Lipinski definition) is 0. The molecule has 46 heavy (non-hydrogen) atoms. The Morgan fingerprint density at radius 1 is 0.435 bits per heavy atom. The van der Waals surface area contributed by atoms with Crippen molar-refractivity contribution in [1.29, 1.82) is 0 Å². The van der Waals surface area contributed by atoms with Crippen molar-refractivity contribution >= 4 is 21.8 Å². The van der Waals surface area contributed by atoms with Gasteiger partial charge in [0.1, 0.15) is 0 Å². The first-order valence-corrected chi connectivity index (χ1v) is 15.7. The maximum atomic E-state index is 5.04. The van der Waals surface area contributed by atoms with Crippen LogP contribution >= 0.6 is 0 Å². The summed E-state index contributed by atoms with van der Waals surface area (Å²) in [7, 11) is 0. The molecule has 4 nitrogen and oxygen atoms in total. The van der Waals surface area contributed by atoms with Crippen LogP contribution in [0.1, 0.15) is 25.0 Å². The van der Waals surface area contributed by atoms with E-state index in [0.717, 1.165) is 16.7 Å². The van der Waals surface area contributed by atoms with Gasteiger partial charge >= 0.3 is 0 Å². The van der Waals surface area contributed by atoms with Gasteiger partial charge < -0.3 is 4.57 Å². The molecule has 0 aliphatic carbocycles. The molecule has 1 aliphatic rings. The van der Waals surface area contributed by atoms with E-state index in [9.17, 15) is 0 Å². The fourth-order valence-corrected chi connectivity index (χ4v) is 7.08. The molecule has 218 valence electrons. The van der Waals surface area contributed by atoms with Crippen LogP contribution in [-0.2, 0) is 5.41 Å². The van der Waals surface area contributed by atoms with Crippen LogP contribution in [0.3, 0.4) is 0 Å². The summed E-state index contributed by atoms with van der Waals surface area (Å²) in [6.45, 7) is 4.66. The zero-order valence-corrected chi connectivity index (χ0v) is 25.6. The Bertz CT molecular complexity index is 2370. The molecule has 0 bridgehead atoms. The van der Waals surface area contributed by atoms with Crippen molar-refractivity contribution in [3.8, 4) is 51.0 Å². The molecule has 0 fully saturated rings. The molecule has 0 saturated heterocycles.